The Balaban J connectivity index is 1.86. The minimum absolute atomic E-state index is 0.166. The van der Waals surface area contributed by atoms with Crippen LogP contribution in [0.15, 0.2) is 54.6 Å². The molecule has 0 saturated carbocycles. The van der Waals surface area contributed by atoms with Gasteiger partial charge in [-0.25, -0.2) is 0 Å². The minimum atomic E-state index is -0.492. The summed E-state index contributed by atoms with van der Waals surface area (Å²) in [6, 6.07) is 15.9. The zero-order chi connectivity index (χ0) is 14.4. The molecule has 2 aromatic rings. The number of hydrogen-bond donors (Lipinski definition) is 3. The van der Waals surface area contributed by atoms with E-state index in [2.05, 4.69) is 10.6 Å². The van der Waals surface area contributed by atoms with Crippen molar-refractivity contribution in [3.63, 3.8) is 0 Å². The second-order valence-corrected chi connectivity index (χ2v) is 4.21. The SMILES string of the molecule is NC(=O)c1ccc(NC(=O)CNc2ccccc2)cc1. The fourth-order valence-electron chi connectivity index (χ4n) is 1.66. The summed E-state index contributed by atoms with van der Waals surface area (Å²) in [6.45, 7) is 0.168. The van der Waals surface area contributed by atoms with Crippen molar-refractivity contribution in [1.29, 1.82) is 0 Å². The number of amides is 2. The van der Waals surface area contributed by atoms with Crippen LogP contribution in [0.3, 0.4) is 0 Å². The molecule has 2 rings (SSSR count). The molecule has 0 bridgehead atoms. The highest BCUT2D eigenvalue weighted by molar-refractivity contribution is 5.96. The average Bonchev–Trinajstić information content (AvgIpc) is 2.47. The summed E-state index contributed by atoms with van der Waals surface area (Å²) < 4.78 is 0. The quantitative estimate of drug-likeness (QED) is 0.774. The monoisotopic (exact) mass is 269 g/mol. The predicted octanol–water partition coefficient (Wildman–Crippen LogP) is 1.84. The highest BCUT2D eigenvalue weighted by Crippen LogP contribution is 2.09. The van der Waals surface area contributed by atoms with Crippen LogP contribution in [0.25, 0.3) is 0 Å². The number of carbonyl (C=O) groups excluding carboxylic acids is 2. The number of nitrogens with two attached hydrogens (primary N) is 1. The molecule has 20 heavy (non-hydrogen) atoms. The molecule has 5 nitrogen and oxygen atoms in total. The predicted molar refractivity (Wildman–Crippen MR) is 78.5 cm³/mol. The molecule has 0 atom stereocenters. The van der Waals surface area contributed by atoms with Crippen LogP contribution in [0, 0.1) is 0 Å². The maximum atomic E-state index is 11.7. The van der Waals surface area contributed by atoms with Gasteiger partial charge in [-0.3, -0.25) is 9.59 Å². The number of nitrogens with one attached hydrogen (secondary N) is 2. The third kappa shape index (κ3) is 3.84. The first-order valence-electron chi connectivity index (χ1n) is 6.14. The van der Waals surface area contributed by atoms with Gasteiger partial charge < -0.3 is 16.4 Å². The lowest BCUT2D eigenvalue weighted by atomic mass is 10.2. The number of carbonyl (C=O) groups is 2. The van der Waals surface area contributed by atoms with Gasteiger partial charge >= 0.3 is 0 Å². The molecule has 102 valence electrons. The van der Waals surface area contributed by atoms with Crippen LogP contribution in [-0.4, -0.2) is 18.4 Å². The van der Waals surface area contributed by atoms with Crippen molar-refractivity contribution in [2.24, 2.45) is 5.73 Å². The average molecular weight is 269 g/mol. The lowest BCUT2D eigenvalue weighted by Gasteiger charge is -2.08. The van der Waals surface area contributed by atoms with Gasteiger partial charge in [-0.15, -0.1) is 0 Å². The summed E-state index contributed by atoms with van der Waals surface area (Å²) in [7, 11) is 0. The Morgan fingerprint density at radius 1 is 0.900 bits per heavy atom. The Labute approximate surface area is 116 Å². The maximum absolute atomic E-state index is 11.7. The Hall–Kier alpha value is -2.82. The van der Waals surface area contributed by atoms with E-state index < -0.39 is 5.91 Å². The normalized spacial score (nSPS) is 9.80. The van der Waals surface area contributed by atoms with Crippen molar-refractivity contribution in [2.45, 2.75) is 0 Å². The molecule has 0 saturated heterocycles. The topological polar surface area (TPSA) is 84.2 Å². The number of rotatable bonds is 5. The van der Waals surface area contributed by atoms with E-state index in [0.29, 0.717) is 11.3 Å². The molecule has 0 aliphatic heterocycles. The van der Waals surface area contributed by atoms with Crippen LogP contribution >= 0.6 is 0 Å². The molecule has 2 amide bonds. The molecule has 0 unspecified atom stereocenters. The maximum Gasteiger partial charge on any atom is 0.248 e. The highest BCUT2D eigenvalue weighted by Gasteiger charge is 2.03. The summed E-state index contributed by atoms with van der Waals surface area (Å²) >= 11 is 0. The van der Waals surface area contributed by atoms with E-state index in [4.69, 9.17) is 5.73 Å². The Morgan fingerprint density at radius 2 is 1.55 bits per heavy atom. The van der Waals surface area contributed by atoms with Crippen LogP contribution < -0.4 is 16.4 Å². The molecule has 0 aromatic heterocycles. The molecule has 0 spiro atoms. The smallest absolute Gasteiger partial charge is 0.248 e. The number of hydrogen-bond acceptors (Lipinski definition) is 3. The number of para-hydroxylation sites is 1. The largest absolute Gasteiger partial charge is 0.376 e. The van der Waals surface area contributed by atoms with Gasteiger partial charge in [-0.05, 0) is 36.4 Å². The summed E-state index contributed by atoms with van der Waals surface area (Å²) in [6.07, 6.45) is 0. The van der Waals surface area contributed by atoms with Gasteiger partial charge in [0.05, 0.1) is 6.54 Å². The van der Waals surface area contributed by atoms with Crippen molar-refractivity contribution < 1.29 is 9.59 Å². The van der Waals surface area contributed by atoms with Gasteiger partial charge in [0, 0.05) is 16.9 Å². The second-order valence-electron chi connectivity index (χ2n) is 4.21. The van der Waals surface area contributed by atoms with E-state index >= 15 is 0 Å². The van der Waals surface area contributed by atoms with Gasteiger partial charge in [-0.1, -0.05) is 18.2 Å². The molecule has 0 radical (unpaired) electrons. The Morgan fingerprint density at radius 3 is 2.15 bits per heavy atom. The van der Waals surface area contributed by atoms with Crippen LogP contribution in [0.4, 0.5) is 11.4 Å². The lowest BCUT2D eigenvalue weighted by Crippen LogP contribution is -2.21. The van der Waals surface area contributed by atoms with Crippen LogP contribution in [-0.2, 0) is 4.79 Å². The number of anilines is 2. The van der Waals surface area contributed by atoms with E-state index in [1.54, 1.807) is 24.3 Å². The van der Waals surface area contributed by atoms with Gasteiger partial charge in [0.25, 0.3) is 0 Å². The third-order valence-electron chi connectivity index (χ3n) is 2.68. The molecule has 4 N–H and O–H groups in total. The van der Waals surface area contributed by atoms with Crippen LogP contribution in [0.5, 0.6) is 0 Å². The van der Waals surface area contributed by atoms with Crippen molar-refractivity contribution >= 4 is 23.2 Å². The fourth-order valence-corrected chi connectivity index (χ4v) is 1.66. The van der Waals surface area contributed by atoms with E-state index in [-0.39, 0.29) is 12.5 Å². The molecular formula is C15H15N3O2. The van der Waals surface area contributed by atoms with Gasteiger partial charge in [0.2, 0.25) is 11.8 Å². The Kier molecular flexibility index (Phi) is 4.34. The number of primary amides is 1. The molecular weight excluding hydrogens is 254 g/mol. The minimum Gasteiger partial charge on any atom is -0.376 e. The molecule has 5 heteroatoms. The zero-order valence-corrected chi connectivity index (χ0v) is 10.8. The highest BCUT2D eigenvalue weighted by atomic mass is 16.2. The summed E-state index contributed by atoms with van der Waals surface area (Å²) in [5, 5.41) is 5.73. The molecule has 0 fully saturated rings. The van der Waals surface area contributed by atoms with Crippen molar-refractivity contribution in [3.8, 4) is 0 Å². The third-order valence-corrected chi connectivity index (χ3v) is 2.68. The van der Waals surface area contributed by atoms with Crippen molar-refractivity contribution in [2.75, 3.05) is 17.2 Å². The molecule has 2 aromatic carbocycles. The second kappa shape index (κ2) is 6.38. The molecule has 0 heterocycles. The fraction of sp³-hybridized carbons (Fsp3) is 0.0667. The van der Waals surface area contributed by atoms with Crippen LogP contribution in [0.2, 0.25) is 0 Å². The first-order valence-corrected chi connectivity index (χ1v) is 6.14. The van der Waals surface area contributed by atoms with Gasteiger partial charge in [-0.2, -0.15) is 0 Å². The van der Waals surface area contributed by atoms with Gasteiger partial charge in [0.15, 0.2) is 0 Å². The molecule has 0 aliphatic rings. The zero-order valence-electron chi connectivity index (χ0n) is 10.8. The summed E-state index contributed by atoms with van der Waals surface area (Å²) in [5.74, 6) is -0.658. The van der Waals surface area contributed by atoms with Crippen molar-refractivity contribution in [3.05, 3.63) is 60.2 Å². The van der Waals surface area contributed by atoms with E-state index in [9.17, 15) is 9.59 Å². The summed E-state index contributed by atoms with van der Waals surface area (Å²) in [5.41, 5.74) is 7.05. The van der Waals surface area contributed by atoms with Gasteiger partial charge in [0.1, 0.15) is 0 Å². The molecule has 0 aliphatic carbocycles. The van der Waals surface area contributed by atoms with Crippen LogP contribution in [0.1, 0.15) is 10.4 Å². The lowest BCUT2D eigenvalue weighted by molar-refractivity contribution is -0.114. The number of benzene rings is 2. The first-order chi connectivity index (χ1) is 9.65. The van der Waals surface area contributed by atoms with E-state index in [1.165, 1.54) is 0 Å². The van der Waals surface area contributed by atoms with E-state index in [0.717, 1.165) is 5.69 Å². The van der Waals surface area contributed by atoms with Crippen molar-refractivity contribution in [1.82, 2.24) is 0 Å². The standard InChI is InChI=1S/C15H15N3O2/c16-15(20)11-6-8-13(9-7-11)18-14(19)10-17-12-4-2-1-3-5-12/h1-9,17H,10H2,(H2,16,20)(H,18,19). The van der Waals surface area contributed by atoms with E-state index in [1.807, 2.05) is 30.3 Å². The Bertz CT molecular complexity index is 594. The first kappa shape index (κ1) is 13.6. The summed E-state index contributed by atoms with van der Waals surface area (Å²) in [4.78, 5) is 22.7.